The van der Waals surface area contributed by atoms with Gasteiger partial charge in [0.15, 0.2) is 0 Å². The number of carbonyl (C=O) groups is 3. The van der Waals surface area contributed by atoms with E-state index in [4.69, 9.17) is 4.74 Å². The van der Waals surface area contributed by atoms with Crippen molar-refractivity contribution in [2.45, 2.75) is 44.1 Å². The number of nitrogens with one attached hydrogen (secondary N) is 1. The first-order chi connectivity index (χ1) is 16.5. The van der Waals surface area contributed by atoms with Crippen LogP contribution >= 0.6 is 0 Å². The highest BCUT2D eigenvalue weighted by Crippen LogP contribution is 2.44. The molecule has 2 fully saturated rings. The van der Waals surface area contributed by atoms with Crippen LogP contribution in [-0.2, 0) is 14.3 Å². The predicted octanol–water partition coefficient (Wildman–Crippen LogP) is 4.02. The molecule has 0 spiro atoms. The van der Waals surface area contributed by atoms with Crippen molar-refractivity contribution in [3.8, 4) is 11.1 Å². The third kappa shape index (κ3) is 4.39. The van der Waals surface area contributed by atoms with Crippen molar-refractivity contribution in [2.75, 3.05) is 19.7 Å². The van der Waals surface area contributed by atoms with Gasteiger partial charge in [-0.2, -0.15) is 0 Å². The van der Waals surface area contributed by atoms with Crippen molar-refractivity contribution in [3.63, 3.8) is 0 Å². The first kappa shape index (κ1) is 22.4. The van der Waals surface area contributed by atoms with Crippen molar-refractivity contribution < 1.29 is 24.2 Å². The predicted molar refractivity (Wildman–Crippen MR) is 126 cm³/mol. The molecule has 0 radical (unpaired) electrons. The fraction of sp³-hybridized carbons (Fsp3) is 0.444. The number of hydrogen-bond donors (Lipinski definition) is 2. The van der Waals surface area contributed by atoms with E-state index in [0.717, 1.165) is 19.3 Å². The third-order valence-electron chi connectivity index (χ3n) is 7.54. The number of aliphatic carboxylic acids is 1. The van der Waals surface area contributed by atoms with Crippen LogP contribution in [0.3, 0.4) is 0 Å². The fourth-order valence-corrected chi connectivity index (χ4v) is 5.77. The first-order valence-electron chi connectivity index (χ1n) is 12.1. The molecule has 3 atom stereocenters. The highest BCUT2D eigenvalue weighted by Gasteiger charge is 2.36. The molecule has 178 valence electrons. The van der Waals surface area contributed by atoms with Crippen molar-refractivity contribution in [2.24, 2.45) is 11.8 Å². The van der Waals surface area contributed by atoms with E-state index in [1.807, 2.05) is 24.3 Å². The van der Waals surface area contributed by atoms with Crippen LogP contribution < -0.4 is 5.32 Å². The molecule has 1 unspecified atom stereocenters. The number of fused-ring (bicyclic) bond motifs is 3. The van der Waals surface area contributed by atoms with Gasteiger partial charge in [-0.15, -0.1) is 0 Å². The van der Waals surface area contributed by atoms with Crippen LogP contribution in [0.25, 0.3) is 11.1 Å². The van der Waals surface area contributed by atoms with Crippen LogP contribution in [0, 0.1) is 11.8 Å². The maximum atomic E-state index is 12.9. The van der Waals surface area contributed by atoms with Crippen molar-refractivity contribution in [3.05, 3.63) is 59.7 Å². The number of rotatable bonds is 5. The molecule has 7 nitrogen and oxygen atoms in total. The van der Waals surface area contributed by atoms with E-state index in [-0.39, 0.29) is 36.9 Å². The van der Waals surface area contributed by atoms with E-state index in [1.54, 1.807) is 4.90 Å². The number of carbonyl (C=O) groups excluding carboxylic acids is 2. The Labute approximate surface area is 199 Å². The number of amides is 2. The summed E-state index contributed by atoms with van der Waals surface area (Å²) in [7, 11) is 0. The van der Waals surface area contributed by atoms with E-state index in [0.29, 0.717) is 19.4 Å². The average molecular weight is 463 g/mol. The van der Waals surface area contributed by atoms with Gasteiger partial charge < -0.3 is 20.1 Å². The molecule has 1 saturated heterocycles. The quantitative estimate of drug-likeness (QED) is 0.700. The average Bonchev–Trinajstić information content (AvgIpc) is 3.46. The van der Waals surface area contributed by atoms with E-state index in [1.165, 1.54) is 22.3 Å². The van der Waals surface area contributed by atoms with Crippen LogP contribution in [0.15, 0.2) is 48.5 Å². The molecule has 34 heavy (non-hydrogen) atoms. The van der Waals surface area contributed by atoms with Gasteiger partial charge in [0.05, 0.1) is 5.92 Å². The number of hydrogen-bond acceptors (Lipinski definition) is 4. The monoisotopic (exact) mass is 462 g/mol. The zero-order valence-electron chi connectivity index (χ0n) is 19.1. The molecule has 0 aromatic heterocycles. The maximum absolute atomic E-state index is 12.9. The Morgan fingerprint density at radius 3 is 2.26 bits per heavy atom. The van der Waals surface area contributed by atoms with E-state index < -0.39 is 18.0 Å². The Morgan fingerprint density at radius 2 is 1.62 bits per heavy atom. The lowest BCUT2D eigenvalue weighted by atomic mass is 9.85. The molecule has 2 aromatic carbocycles. The number of ether oxygens (including phenoxy) is 1. The smallest absolute Gasteiger partial charge is 0.407 e. The maximum Gasteiger partial charge on any atom is 0.407 e. The Kier molecular flexibility index (Phi) is 6.26. The Bertz CT molecular complexity index is 1050. The molecule has 5 rings (SSSR count). The summed E-state index contributed by atoms with van der Waals surface area (Å²) in [4.78, 5) is 38.5. The summed E-state index contributed by atoms with van der Waals surface area (Å²) >= 11 is 0. The summed E-state index contributed by atoms with van der Waals surface area (Å²) in [5, 5.41) is 12.2. The van der Waals surface area contributed by atoms with E-state index in [2.05, 4.69) is 29.6 Å². The second-order valence-corrected chi connectivity index (χ2v) is 9.64. The van der Waals surface area contributed by atoms with Gasteiger partial charge >= 0.3 is 12.1 Å². The number of carboxylic acid groups (broad SMARTS) is 1. The molecule has 3 aliphatic rings. The van der Waals surface area contributed by atoms with E-state index >= 15 is 0 Å². The Morgan fingerprint density at radius 1 is 0.941 bits per heavy atom. The highest BCUT2D eigenvalue weighted by atomic mass is 16.5. The number of alkyl carbamates (subject to hydrolysis) is 1. The minimum atomic E-state index is -0.839. The van der Waals surface area contributed by atoms with Crippen molar-refractivity contribution in [1.82, 2.24) is 10.2 Å². The molecule has 2 amide bonds. The van der Waals surface area contributed by atoms with Gasteiger partial charge in [-0.25, -0.2) is 4.79 Å². The summed E-state index contributed by atoms with van der Waals surface area (Å²) in [5.74, 6) is -1.46. The van der Waals surface area contributed by atoms with Crippen molar-refractivity contribution in [1.29, 1.82) is 0 Å². The third-order valence-corrected chi connectivity index (χ3v) is 7.54. The number of benzene rings is 2. The minimum Gasteiger partial charge on any atom is -0.481 e. The van der Waals surface area contributed by atoms with Gasteiger partial charge in [0.1, 0.15) is 6.61 Å². The van der Waals surface area contributed by atoms with Crippen LogP contribution in [0.1, 0.15) is 49.1 Å². The van der Waals surface area contributed by atoms with E-state index in [9.17, 15) is 19.5 Å². The van der Waals surface area contributed by atoms with Crippen LogP contribution in [-0.4, -0.2) is 53.7 Å². The minimum absolute atomic E-state index is 0.0104. The topological polar surface area (TPSA) is 95.9 Å². The summed E-state index contributed by atoms with van der Waals surface area (Å²) in [6.45, 7) is 1.05. The second-order valence-electron chi connectivity index (χ2n) is 9.64. The number of nitrogens with zero attached hydrogens (tertiary/aromatic N) is 1. The first-order valence-corrected chi connectivity index (χ1v) is 12.1. The van der Waals surface area contributed by atoms with Gasteiger partial charge in [0.2, 0.25) is 5.91 Å². The molecular weight excluding hydrogens is 432 g/mol. The number of carboxylic acids is 1. The molecule has 1 heterocycles. The lowest BCUT2D eigenvalue weighted by molar-refractivity contribution is -0.141. The summed E-state index contributed by atoms with van der Waals surface area (Å²) < 4.78 is 5.67. The van der Waals surface area contributed by atoms with Crippen LogP contribution in [0.4, 0.5) is 4.79 Å². The molecule has 7 heteroatoms. The fourth-order valence-electron chi connectivity index (χ4n) is 5.77. The molecule has 1 aliphatic heterocycles. The van der Waals surface area contributed by atoms with Crippen LogP contribution in [0.2, 0.25) is 0 Å². The SMILES string of the molecule is O=C(N[C@@H]1CCC[C@H](C(=O)N2CCC(C(=O)O)C2)C1)OCC1c2ccccc2-c2ccccc21. The second kappa shape index (κ2) is 9.49. The standard InChI is InChI=1S/C27H30N2O5/c30-25(29-13-12-18(15-29)26(31)32)17-6-5-7-19(14-17)28-27(33)34-16-24-22-10-3-1-8-20(22)21-9-2-4-11-23(21)24/h1-4,8-11,17-19,24H,5-7,12-16H2,(H,28,33)(H,31,32)/t17-,18?,19+/m0/s1. The largest absolute Gasteiger partial charge is 0.481 e. The normalized spacial score (nSPS) is 23.8. The van der Waals surface area contributed by atoms with Gasteiger partial charge in [-0.05, 0) is 47.9 Å². The van der Waals surface area contributed by atoms with Gasteiger partial charge in [-0.3, -0.25) is 9.59 Å². The summed E-state index contributed by atoms with van der Waals surface area (Å²) in [6.07, 6.45) is 3.06. The van der Waals surface area contributed by atoms with Gasteiger partial charge in [0.25, 0.3) is 0 Å². The highest BCUT2D eigenvalue weighted by molar-refractivity contribution is 5.81. The molecule has 2 aromatic rings. The molecule has 2 N–H and O–H groups in total. The van der Waals surface area contributed by atoms with Crippen LogP contribution in [0.5, 0.6) is 0 Å². The Balaban J connectivity index is 1.16. The van der Waals surface area contributed by atoms with Crippen molar-refractivity contribution >= 4 is 18.0 Å². The van der Waals surface area contributed by atoms with Gasteiger partial charge in [-0.1, -0.05) is 55.0 Å². The molecule has 1 saturated carbocycles. The zero-order chi connectivity index (χ0) is 23.7. The lowest BCUT2D eigenvalue weighted by Crippen LogP contribution is -2.43. The summed E-state index contributed by atoms with van der Waals surface area (Å²) in [5.41, 5.74) is 4.72. The molecule has 0 bridgehead atoms. The summed E-state index contributed by atoms with van der Waals surface area (Å²) in [6, 6.07) is 16.3. The Hall–Kier alpha value is -3.35. The molecule has 2 aliphatic carbocycles. The zero-order valence-corrected chi connectivity index (χ0v) is 19.1. The molecular formula is C27H30N2O5. The van der Waals surface area contributed by atoms with Gasteiger partial charge in [0, 0.05) is 31.0 Å². The number of likely N-dealkylation sites (tertiary alicyclic amines) is 1. The lowest BCUT2D eigenvalue weighted by Gasteiger charge is -2.31.